The van der Waals surface area contributed by atoms with Crippen LogP contribution < -0.4 is 4.74 Å². The fourth-order valence-electron chi connectivity index (χ4n) is 3.81. The van der Waals surface area contributed by atoms with Crippen LogP contribution in [0.5, 0.6) is 5.75 Å². The first-order valence-corrected chi connectivity index (χ1v) is 10.3. The Balaban J connectivity index is 1.77. The highest BCUT2D eigenvalue weighted by Crippen LogP contribution is 2.51. The number of rotatable bonds is 4. The third-order valence-corrected chi connectivity index (χ3v) is 6.05. The Kier molecular flexibility index (Phi) is 5.57. The Labute approximate surface area is 170 Å². The zero-order valence-electron chi connectivity index (χ0n) is 17.0. The number of carbonyl (C=O) groups is 2. The van der Waals surface area contributed by atoms with Crippen molar-refractivity contribution in [3.8, 4) is 5.75 Å². The summed E-state index contributed by atoms with van der Waals surface area (Å²) < 4.78 is 10.7. The van der Waals surface area contributed by atoms with Gasteiger partial charge in [-0.05, 0) is 66.8 Å². The molecular formula is C23H26O4S. The molecule has 148 valence electrons. The molecule has 5 heteroatoms. The summed E-state index contributed by atoms with van der Waals surface area (Å²) in [6.45, 7) is 11.0. The number of benzene rings is 2. The van der Waals surface area contributed by atoms with Gasteiger partial charge in [0, 0.05) is 9.64 Å². The SMILES string of the molecule is CCOC(=O)c1ccc(C(=O)Oc2ccc3c(c2)C(C)(C)CC(C)(C)S3)cc1. The molecule has 1 aliphatic heterocycles. The maximum absolute atomic E-state index is 12.5. The van der Waals surface area contributed by atoms with E-state index in [1.165, 1.54) is 10.5 Å². The molecule has 28 heavy (non-hydrogen) atoms. The first-order chi connectivity index (χ1) is 13.1. The Morgan fingerprint density at radius 3 is 2.18 bits per heavy atom. The lowest BCUT2D eigenvalue weighted by molar-refractivity contribution is 0.0525. The van der Waals surface area contributed by atoms with E-state index in [0.29, 0.717) is 23.5 Å². The van der Waals surface area contributed by atoms with Crippen LogP contribution in [-0.2, 0) is 10.2 Å². The first-order valence-electron chi connectivity index (χ1n) is 9.44. The van der Waals surface area contributed by atoms with Crippen LogP contribution in [0.2, 0.25) is 0 Å². The second-order valence-corrected chi connectivity index (χ2v) is 10.0. The maximum atomic E-state index is 12.5. The monoisotopic (exact) mass is 398 g/mol. The molecule has 0 radical (unpaired) electrons. The highest BCUT2D eigenvalue weighted by atomic mass is 32.2. The van der Waals surface area contributed by atoms with Gasteiger partial charge in [0.25, 0.3) is 0 Å². The molecule has 2 aromatic rings. The van der Waals surface area contributed by atoms with Gasteiger partial charge in [-0.3, -0.25) is 0 Å². The second-order valence-electron chi connectivity index (χ2n) is 8.27. The quantitative estimate of drug-likeness (QED) is 0.493. The van der Waals surface area contributed by atoms with Gasteiger partial charge in [-0.1, -0.05) is 27.7 Å². The van der Waals surface area contributed by atoms with Gasteiger partial charge < -0.3 is 9.47 Å². The lowest BCUT2D eigenvalue weighted by Gasteiger charge is -2.41. The predicted octanol–water partition coefficient (Wildman–Crippen LogP) is 5.63. The van der Waals surface area contributed by atoms with Gasteiger partial charge in [-0.2, -0.15) is 0 Å². The number of esters is 2. The molecule has 1 heterocycles. The van der Waals surface area contributed by atoms with E-state index in [-0.39, 0.29) is 10.2 Å². The van der Waals surface area contributed by atoms with Gasteiger partial charge in [0.05, 0.1) is 17.7 Å². The summed E-state index contributed by atoms with van der Waals surface area (Å²) in [6.07, 6.45) is 1.05. The lowest BCUT2D eigenvalue weighted by Crippen LogP contribution is -2.33. The Hall–Kier alpha value is -2.27. The molecule has 0 atom stereocenters. The zero-order chi connectivity index (χ0) is 20.5. The summed E-state index contributed by atoms with van der Waals surface area (Å²) in [7, 11) is 0. The number of thioether (sulfide) groups is 1. The third-order valence-electron chi connectivity index (χ3n) is 4.78. The molecule has 0 aliphatic carbocycles. The zero-order valence-corrected chi connectivity index (χ0v) is 17.8. The minimum absolute atomic E-state index is 0.00773. The predicted molar refractivity (Wildman–Crippen MR) is 111 cm³/mol. The van der Waals surface area contributed by atoms with Gasteiger partial charge in [0.2, 0.25) is 0 Å². The minimum Gasteiger partial charge on any atom is -0.462 e. The summed E-state index contributed by atoms with van der Waals surface area (Å²) in [5.41, 5.74) is 2.02. The number of hydrogen-bond donors (Lipinski definition) is 0. The number of hydrogen-bond acceptors (Lipinski definition) is 5. The van der Waals surface area contributed by atoms with Crippen LogP contribution in [0.1, 0.15) is 67.3 Å². The van der Waals surface area contributed by atoms with Gasteiger partial charge in [0.15, 0.2) is 0 Å². The van der Waals surface area contributed by atoms with E-state index >= 15 is 0 Å². The van der Waals surface area contributed by atoms with Crippen molar-refractivity contribution in [3.63, 3.8) is 0 Å². The summed E-state index contributed by atoms with van der Waals surface area (Å²) in [5, 5.41) is 0. The standard InChI is InChI=1S/C23H26O4S/c1-6-26-20(24)15-7-9-16(10-8-15)21(25)27-17-11-12-19-18(13-17)22(2,3)14-23(4,5)28-19/h7-13H,6,14H2,1-5H3. The molecule has 4 nitrogen and oxygen atoms in total. The van der Waals surface area contributed by atoms with Crippen LogP contribution in [0.3, 0.4) is 0 Å². The van der Waals surface area contributed by atoms with Crippen LogP contribution >= 0.6 is 11.8 Å². The average molecular weight is 399 g/mol. The molecule has 0 amide bonds. The van der Waals surface area contributed by atoms with Crippen molar-refractivity contribution in [1.82, 2.24) is 0 Å². The van der Waals surface area contributed by atoms with Crippen LogP contribution in [0.25, 0.3) is 0 Å². The summed E-state index contributed by atoms with van der Waals surface area (Å²) in [4.78, 5) is 25.5. The van der Waals surface area contributed by atoms with E-state index in [4.69, 9.17) is 9.47 Å². The van der Waals surface area contributed by atoms with Crippen LogP contribution in [0, 0.1) is 0 Å². The molecule has 0 N–H and O–H groups in total. The minimum atomic E-state index is -0.447. The van der Waals surface area contributed by atoms with Crippen molar-refractivity contribution < 1.29 is 19.1 Å². The third kappa shape index (κ3) is 4.41. The molecule has 0 saturated heterocycles. The summed E-state index contributed by atoms with van der Waals surface area (Å²) in [6, 6.07) is 12.2. The van der Waals surface area contributed by atoms with Gasteiger partial charge in [-0.25, -0.2) is 9.59 Å². The number of carbonyl (C=O) groups excluding carboxylic acids is 2. The van der Waals surface area contributed by atoms with Crippen molar-refractivity contribution in [2.24, 2.45) is 0 Å². The normalized spacial score (nSPS) is 16.8. The fraction of sp³-hybridized carbons (Fsp3) is 0.391. The van der Waals surface area contributed by atoms with Crippen LogP contribution in [-0.4, -0.2) is 23.3 Å². The molecule has 0 saturated carbocycles. The molecule has 1 aliphatic rings. The van der Waals surface area contributed by atoms with E-state index < -0.39 is 11.9 Å². The van der Waals surface area contributed by atoms with Gasteiger partial charge in [-0.15, -0.1) is 11.8 Å². The number of fused-ring (bicyclic) bond motifs is 1. The van der Waals surface area contributed by atoms with Crippen molar-refractivity contribution in [2.75, 3.05) is 6.61 Å². The molecule has 0 fully saturated rings. The molecule has 0 spiro atoms. The highest BCUT2D eigenvalue weighted by molar-refractivity contribution is 8.00. The van der Waals surface area contributed by atoms with Crippen LogP contribution in [0.15, 0.2) is 47.4 Å². The van der Waals surface area contributed by atoms with E-state index in [9.17, 15) is 9.59 Å². The topological polar surface area (TPSA) is 52.6 Å². The Morgan fingerprint density at radius 1 is 0.964 bits per heavy atom. The first kappa shape index (κ1) is 20.5. The van der Waals surface area contributed by atoms with E-state index in [2.05, 4.69) is 27.7 Å². The lowest BCUT2D eigenvalue weighted by atomic mass is 9.77. The van der Waals surface area contributed by atoms with Crippen molar-refractivity contribution >= 4 is 23.7 Å². The van der Waals surface area contributed by atoms with Gasteiger partial charge >= 0.3 is 11.9 Å². The number of ether oxygens (including phenoxy) is 2. The van der Waals surface area contributed by atoms with Gasteiger partial charge in [0.1, 0.15) is 5.75 Å². The molecule has 0 aromatic heterocycles. The van der Waals surface area contributed by atoms with E-state index in [1.54, 1.807) is 31.2 Å². The summed E-state index contributed by atoms with van der Waals surface area (Å²) >= 11 is 1.86. The second kappa shape index (κ2) is 7.63. The average Bonchev–Trinajstić information content (AvgIpc) is 2.61. The highest BCUT2D eigenvalue weighted by Gasteiger charge is 2.38. The van der Waals surface area contributed by atoms with Crippen molar-refractivity contribution in [2.45, 2.75) is 56.1 Å². The van der Waals surface area contributed by atoms with E-state index in [1.807, 2.05) is 30.0 Å². The molecule has 0 unspecified atom stereocenters. The molecule has 3 rings (SSSR count). The maximum Gasteiger partial charge on any atom is 0.343 e. The largest absolute Gasteiger partial charge is 0.462 e. The smallest absolute Gasteiger partial charge is 0.343 e. The molecular weight excluding hydrogens is 372 g/mol. The van der Waals surface area contributed by atoms with Crippen LogP contribution in [0.4, 0.5) is 0 Å². The molecule has 0 bridgehead atoms. The van der Waals surface area contributed by atoms with Crippen molar-refractivity contribution in [3.05, 3.63) is 59.2 Å². The summed E-state index contributed by atoms with van der Waals surface area (Å²) in [5.74, 6) is -0.316. The Morgan fingerprint density at radius 2 is 1.57 bits per heavy atom. The van der Waals surface area contributed by atoms with E-state index in [0.717, 1.165) is 6.42 Å². The fourth-order valence-corrected chi connectivity index (χ4v) is 5.42. The molecule has 2 aromatic carbocycles. The van der Waals surface area contributed by atoms with Crippen molar-refractivity contribution in [1.29, 1.82) is 0 Å². The Bertz CT molecular complexity index is 897.